The number of benzene rings is 1. The first-order valence-corrected chi connectivity index (χ1v) is 8.60. The van der Waals surface area contributed by atoms with Crippen molar-refractivity contribution in [1.29, 1.82) is 0 Å². The second kappa shape index (κ2) is 5.40. The smallest absolute Gasteiger partial charge is 0.235 e. The summed E-state index contributed by atoms with van der Waals surface area (Å²) in [6, 6.07) is 8.82. The average molecular weight is 282 g/mol. The number of aliphatic hydroxyl groups excluding tert-OH is 1. The van der Waals surface area contributed by atoms with E-state index < -0.39 is 18.6 Å². The van der Waals surface area contributed by atoms with Gasteiger partial charge in [-0.15, -0.1) is 0 Å². The summed E-state index contributed by atoms with van der Waals surface area (Å²) >= 11 is 0. The van der Waals surface area contributed by atoms with Gasteiger partial charge < -0.3 is 10.00 Å². The minimum atomic E-state index is -3.51. The van der Waals surface area contributed by atoms with Crippen LogP contribution in [0.25, 0.3) is 0 Å². The molecule has 0 saturated heterocycles. The highest BCUT2D eigenvalue weighted by molar-refractivity contribution is 7.67. The first-order valence-electron chi connectivity index (χ1n) is 6.94. The Hall–Kier alpha value is -0.630. The molecule has 1 aliphatic rings. The van der Waals surface area contributed by atoms with Crippen LogP contribution >= 0.6 is 7.37 Å². The van der Waals surface area contributed by atoms with Gasteiger partial charge in [-0.25, -0.2) is 0 Å². The molecule has 3 atom stereocenters. The second-order valence-electron chi connectivity index (χ2n) is 6.02. The van der Waals surface area contributed by atoms with E-state index in [0.29, 0.717) is 5.30 Å². The maximum atomic E-state index is 12.9. The largest absolute Gasteiger partial charge is 0.393 e. The Kier molecular flexibility index (Phi) is 4.20. The van der Waals surface area contributed by atoms with Crippen LogP contribution in [0, 0.1) is 5.92 Å². The van der Waals surface area contributed by atoms with Gasteiger partial charge in [0.1, 0.15) is 0 Å². The fourth-order valence-electron chi connectivity index (χ4n) is 3.12. The van der Waals surface area contributed by atoms with Crippen LogP contribution in [0.1, 0.15) is 39.5 Å². The molecule has 1 saturated carbocycles. The van der Waals surface area contributed by atoms with Gasteiger partial charge in [-0.1, -0.05) is 44.9 Å². The summed E-state index contributed by atoms with van der Waals surface area (Å²) in [5, 5.41) is 9.87. The molecule has 19 heavy (non-hydrogen) atoms. The predicted molar refractivity (Wildman–Crippen MR) is 77.9 cm³/mol. The van der Waals surface area contributed by atoms with Gasteiger partial charge in [0.2, 0.25) is 7.37 Å². The van der Waals surface area contributed by atoms with E-state index in [1.165, 1.54) is 0 Å². The molecule has 0 aliphatic heterocycles. The Labute approximate surface area is 115 Å². The van der Waals surface area contributed by atoms with Crippen LogP contribution in [-0.2, 0) is 4.57 Å². The van der Waals surface area contributed by atoms with Crippen LogP contribution in [-0.4, -0.2) is 21.3 Å². The number of rotatable bonds is 3. The van der Waals surface area contributed by atoms with Crippen LogP contribution in [0.4, 0.5) is 0 Å². The van der Waals surface area contributed by atoms with Crippen molar-refractivity contribution >= 4 is 12.7 Å². The molecule has 0 spiro atoms. The summed E-state index contributed by atoms with van der Waals surface area (Å²) in [4.78, 5) is 10.6. The Bertz CT molecular complexity index is 470. The first kappa shape index (κ1) is 14.8. The molecule has 0 heterocycles. The molecule has 1 aromatic carbocycles. The Morgan fingerprint density at radius 3 is 2.32 bits per heavy atom. The van der Waals surface area contributed by atoms with Crippen LogP contribution < -0.4 is 5.30 Å². The van der Waals surface area contributed by atoms with E-state index in [0.717, 1.165) is 25.7 Å². The zero-order valence-corrected chi connectivity index (χ0v) is 12.5. The average Bonchev–Trinajstić information content (AvgIpc) is 2.40. The van der Waals surface area contributed by atoms with Gasteiger partial charge in [0.05, 0.1) is 11.3 Å². The number of aliphatic hydroxyl groups is 1. The van der Waals surface area contributed by atoms with Gasteiger partial charge in [0.25, 0.3) is 0 Å². The lowest BCUT2D eigenvalue weighted by molar-refractivity contribution is 0.0501. The summed E-state index contributed by atoms with van der Waals surface area (Å²) in [5.74, 6) is -0.114. The standard InChI is InChI=1S/C15H23O3P/c1-15(2,13-10-6-7-11-14(13)16)19(17,18)12-8-4-3-5-9-12/h3-5,8-9,13-14,16H,6-7,10-11H2,1-2H3,(H,17,18)/t13-,14-/m0/s1. The molecule has 1 unspecified atom stereocenters. The highest BCUT2D eigenvalue weighted by Crippen LogP contribution is 2.59. The normalized spacial score (nSPS) is 27.8. The maximum Gasteiger partial charge on any atom is 0.235 e. The van der Waals surface area contributed by atoms with Crippen molar-refractivity contribution in [2.75, 3.05) is 0 Å². The SMILES string of the molecule is CC(C)([C@H]1CCCC[C@@H]1O)P(=O)(O)c1ccccc1. The van der Waals surface area contributed by atoms with Crippen molar-refractivity contribution in [2.45, 2.75) is 50.8 Å². The van der Waals surface area contributed by atoms with Crippen LogP contribution in [0.3, 0.4) is 0 Å². The van der Waals surface area contributed by atoms with E-state index in [2.05, 4.69) is 0 Å². The number of hydrogen-bond acceptors (Lipinski definition) is 2. The third-order valence-electron chi connectivity index (χ3n) is 4.52. The van der Waals surface area contributed by atoms with E-state index >= 15 is 0 Å². The van der Waals surface area contributed by atoms with Gasteiger partial charge in [-0.3, -0.25) is 4.57 Å². The third kappa shape index (κ3) is 2.65. The third-order valence-corrected chi connectivity index (χ3v) is 7.42. The van der Waals surface area contributed by atoms with Crippen molar-refractivity contribution in [3.05, 3.63) is 30.3 Å². The summed E-state index contributed by atoms with van der Waals surface area (Å²) in [7, 11) is -3.51. The Morgan fingerprint density at radius 2 is 1.74 bits per heavy atom. The van der Waals surface area contributed by atoms with Crippen molar-refractivity contribution in [3.63, 3.8) is 0 Å². The topological polar surface area (TPSA) is 57.5 Å². The molecule has 4 heteroatoms. The molecule has 2 N–H and O–H groups in total. The van der Waals surface area contributed by atoms with Crippen LogP contribution in [0.5, 0.6) is 0 Å². The van der Waals surface area contributed by atoms with E-state index in [1.54, 1.807) is 24.3 Å². The molecule has 1 aromatic rings. The highest BCUT2D eigenvalue weighted by Gasteiger charge is 2.49. The van der Waals surface area contributed by atoms with Crippen molar-refractivity contribution in [3.8, 4) is 0 Å². The Morgan fingerprint density at radius 1 is 1.16 bits per heavy atom. The zero-order valence-electron chi connectivity index (χ0n) is 11.6. The molecule has 0 radical (unpaired) electrons. The molecule has 1 aliphatic carbocycles. The fraction of sp³-hybridized carbons (Fsp3) is 0.600. The first-order chi connectivity index (χ1) is 8.87. The molecule has 0 bridgehead atoms. The summed E-state index contributed by atoms with van der Waals surface area (Å²) in [6.45, 7) is 3.64. The van der Waals surface area contributed by atoms with Crippen LogP contribution in [0.2, 0.25) is 0 Å². The molecular weight excluding hydrogens is 259 g/mol. The van der Waals surface area contributed by atoms with Gasteiger partial charge in [-0.2, -0.15) is 0 Å². The maximum absolute atomic E-state index is 12.9. The lowest BCUT2D eigenvalue weighted by atomic mass is 9.79. The summed E-state index contributed by atoms with van der Waals surface area (Å²) in [5.41, 5.74) is 0. The molecule has 106 valence electrons. The zero-order chi connectivity index (χ0) is 14.1. The molecule has 0 amide bonds. The lowest BCUT2D eigenvalue weighted by Crippen LogP contribution is -2.43. The molecule has 3 nitrogen and oxygen atoms in total. The van der Waals surface area contributed by atoms with Gasteiger partial charge in [0.15, 0.2) is 0 Å². The fourth-order valence-corrected chi connectivity index (χ4v) is 5.12. The van der Waals surface area contributed by atoms with Crippen molar-refractivity contribution in [1.82, 2.24) is 0 Å². The minimum Gasteiger partial charge on any atom is -0.393 e. The van der Waals surface area contributed by atoms with Gasteiger partial charge >= 0.3 is 0 Å². The second-order valence-corrected chi connectivity index (χ2v) is 8.84. The van der Waals surface area contributed by atoms with Gasteiger partial charge in [-0.05, 0) is 30.9 Å². The lowest BCUT2D eigenvalue weighted by Gasteiger charge is -2.42. The quantitative estimate of drug-likeness (QED) is 0.838. The molecule has 0 aromatic heterocycles. The van der Waals surface area contributed by atoms with E-state index in [9.17, 15) is 14.6 Å². The van der Waals surface area contributed by atoms with Crippen LogP contribution in [0.15, 0.2) is 30.3 Å². The summed E-state index contributed by atoms with van der Waals surface area (Å²) in [6.07, 6.45) is 3.14. The molecular formula is C15H23O3P. The van der Waals surface area contributed by atoms with Crippen molar-refractivity contribution < 1.29 is 14.6 Å². The highest BCUT2D eigenvalue weighted by atomic mass is 31.2. The molecule has 1 fully saturated rings. The monoisotopic (exact) mass is 282 g/mol. The number of hydrogen-bond donors (Lipinski definition) is 2. The predicted octanol–water partition coefficient (Wildman–Crippen LogP) is 2.91. The minimum absolute atomic E-state index is 0.114. The summed E-state index contributed by atoms with van der Waals surface area (Å²) < 4.78 is 12.9. The molecule has 2 rings (SSSR count). The van der Waals surface area contributed by atoms with E-state index in [4.69, 9.17) is 0 Å². The van der Waals surface area contributed by atoms with Gasteiger partial charge in [0, 0.05) is 5.30 Å². The Balaban J connectivity index is 2.34. The van der Waals surface area contributed by atoms with E-state index in [1.807, 2.05) is 19.9 Å². The van der Waals surface area contributed by atoms with E-state index in [-0.39, 0.29) is 5.92 Å². The van der Waals surface area contributed by atoms with Crippen molar-refractivity contribution in [2.24, 2.45) is 5.92 Å².